The molecule has 0 aliphatic heterocycles. The van der Waals surface area contributed by atoms with E-state index < -0.39 is 18.0 Å². The SMILES string of the molecule is S=P(Cl)(Cl)[P+](Cl)=NP(Cl)Cl. The highest BCUT2D eigenvalue weighted by molar-refractivity contribution is 8.72. The van der Waals surface area contributed by atoms with Gasteiger partial charge in [-0.05, 0) is 61.3 Å². The first-order valence-corrected chi connectivity index (χ1v) is 12.2. The summed E-state index contributed by atoms with van der Waals surface area (Å²) < 4.78 is 1.13. The molecule has 0 radical (unpaired) electrons. The van der Waals surface area contributed by atoms with Gasteiger partial charge in [-0.2, -0.15) is 0 Å². The minimum Gasteiger partial charge on any atom is -0.0478 e. The second-order valence-corrected chi connectivity index (χ2v) is 19.2. The van der Waals surface area contributed by atoms with Crippen molar-refractivity contribution in [2.45, 2.75) is 0 Å². The van der Waals surface area contributed by atoms with Crippen molar-refractivity contribution in [3.63, 3.8) is 0 Å². The van der Waals surface area contributed by atoms with Gasteiger partial charge in [0.2, 0.25) is 0 Å². The summed E-state index contributed by atoms with van der Waals surface area (Å²) in [5.74, 6) is 0. The molecular formula is Cl5NP3S+. The molecule has 60 valence electrons. The molecule has 0 saturated heterocycles. The number of nitrogens with zero attached hydrogens (tertiary/aromatic N) is 1. The van der Waals surface area contributed by atoms with E-state index in [0.717, 1.165) is 0 Å². The van der Waals surface area contributed by atoms with E-state index in [-0.39, 0.29) is 0 Å². The lowest BCUT2D eigenvalue weighted by Gasteiger charge is -1.86. The monoisotopic (exact) mass is 314 g/mol. The molecule has 0 amide bonds. The molecule has 0 aromatic heterocycles. The molecule has 0 saturated carbocycles. The van der Waals surface area contributed by atoms with Gasteiger partial charge < -0.3 is 0 Å². The van der Waals surface area contributed by atoms with E-state index in [0.29, 0.717) is 0 Å². The molecule has 0 aromatic rings. The van der Waals surface area contributed by atoms with Crippen molar-refractivity contribution < 1.29 is 0 Å². The standard InChI is InChI=1S/Cl5NP3S/c1-7(2)6-8(3)9(4,5)10/q+1. The fraction of sp³-hybridized carbons (Fsp3) is 0. The summed E-state index contributed by atoms with van der Waals surface area (Å²) in [4.78, 5) is 0. The van der Waals surface area contributed by atoms with Crippen LogP contribution in [0.2, 0.25) is 0 Å². The van der Waals surface area contributed by atoms with E-state index in [1.807, 2.05) is 0 Å². The zero-order chi connectivity index (χ0) is 8.36. The first-order valence-electron chi connectivity index (χ1n) is 1.63. The molecule has 0 spiro atoms. The van der Waals surface area contributed by atoms with Crippen LogP contribution in [0, 0.1) is 0 Å². The third-order valence-electron chi connectivity index (χ3n) is 0.334. The molecule has 0 rings (SSSR count). The van der Waals surface area contributed by atoms with Crippen LogP contribution in [0.1, 0.15) is 0 Å². The lowest BCUT2D eigenvalue weighted by atomic mass is 13.9. The van der Waals surface area contributed by atoms with E-state index in [1.165, 1.54) is 0 Å². The first kappa shape index (κ1) is 12.6. The minimum absolute atomic E-state index is 1.44. The molecular weight excluding hydrogens is 316 g/mol. The van der Waals surface area contributed by atoms with Crippen LogP contribution in [0.15, 0.2) is 4.52 Å². The number of hydrogen-bond donors (Lipinski definition) is 0. The van der Waals surface area contributed by atoms with Gasteiger partial charge in [0.25, 0.3) is 6.78 Å². The predicted molar refractivity (Wildman–Crippen MR) is 59.8 cm³/mol. The molecule has 0 fully saturated rings. The van der Waals surface area contributed by atoms with Crippen molar-refractivity contribution in [1.82, 2.24) is 0 Å². The van der Waals surface area contributed by atoms with Gasteiger partial charge in [0.05, 0.1) is 0 Å². The Morgan fingerprint density at radius 2 is 1.80 bits per heavy atom. The van der Waals surface area contributed by atoms with Gasteiger partial charge >= 0.3 is 11.2 Å². The molecule has 0 aliphatic rings. The summed E-state index contributed by atoms with van der Waals surface area (Å²) in [6, 6.07) is 0. The summed E-state index contributed by atoms with van der Waals surface area (Å²) in [5, 5.41) is 0. The first-order chi connectivity index (χ1) is 4.34. The van der Waals surface area contributed by atoms with Crippen LogP contribution in [-0.2, 0) is 11.8 Å². The fourth-order valence-electron chi connectivity index (χ4n) is 0.102. The molecule has 1 unspecified atom stereocenters. The quantitative estimate of drug-likeness (QED) is 0.551. The largest absolute Gasteiger partial charge is 0.379 e. The predicted octanol–water partition coefficient (Wildman–Crippen LogP) is 6.21. The number of rotatable bonds is 2. The molecule has 0 bridgehead atoms. The molecule has 0 heterocycles. The average Bonchev–Trinajstić information content (AvgIpc) is 1.60. The van der Waals surface area contributed by atoms with Gasteiger partial charge in [0, 0.05) is 0 Å². The van der Waals surface area contributed by atoms with Gasteiger partial charge in [-0.3, -0.25) is 0 Å². The van der Waals surface area contributed by atoms with E-state index >= 15 is 0 Å². The second kappa shape index (κ2) is 5.38. The van der Waals surface area contributed by atoms with Crippen LogP contribution in [0.4, 0.5) is 0 Å². The number of hydrogen-bond acceptors (Lipinski definition) is 2. The fourth-order valence-corrected chi connectivity index (χ4v) is 8.29. The van der Waals surface area contributed by atoms with E-state index in [2.05, 4.69) is 16.3 Å². The third kappa shape index (κ3) is 6.18. The van der Waals surface area contributed by atoms with Gasteiger partial charge in [-0.25, -0.2) is 0 Å². The Hall–Kier alpha value is 2.63. The third-order valence-corrected chi connectivity index (χ3v) is 13.8. The molecule has 1 atom stereocenters. The maximum absolute atomic E-state index is 5.58. The van der Waals surface area contributed by atoms with E-state index in [4.69, 9.17) is 56.2 Å². The Morgan fingerprint density at radius 1 is 1.40 bits per heavy atom. The Bertz CT molecular complexity index is 181. The molecule has 0 aromatic carbocycles. The van der Waals surface area contributed by atoms with E-state index in [1.54, 1.807) is 0 Å². The minimum atomic E-state index is -2.52. The van der Waals surface area contributed by atoms with Crippen LogP contribution in [0.3, 0.4) is 0 Å². The Kier molecular flexibility index (Phi) is 6.79. The van der Waals surface area contributed by atoms with Crippen LogP contribution in [0.25, 0.3) is 0 Å². The van der Waals surface area contributed by atoms with Crippen LogP contribution < -0.4 is 0 Å². The molecule has 0 N–H and O–H groups in total. The summed E-state index contributed by atoms with van der Waals surface area (Å²) in [6.07, 6.45) is 0. The van der Waals surface area contributed by atoms with Crippen molar-refractivity contribution >= 4 is 86.0 Å². The average molecular weight is 316 g/mol. The van der Waals surface area contributed by atoms with Crippen LogP contribution in [0.5, 0.6) is 0 Å². The molecule has 0 aliphatic carbocycles. The highest BCUT2D eigenvalue weighted by Gasteiger charge is 2.31. The Morgan fingerprint density at radius 3 is 1.90 bits per heavy atom. The highest BCUT2D eigenvalue weighted by Crippen LogP contribution is 2.82. The van der Waals surface area contributed by atoms with Crippen molar-refractivity contribution in [3.8, 4) is 0 Å². The van der Waals surface area contributed by atoms with Crippen molar-refractivity contribution in [1.29, 1.82) is 0 Å². The maximum atomic E-state index is 5.58. The topological polar surface area (TPSA) is 12.4 Å². The van der Waals surface area contributed by atoms with Crippen molar-refractivity contribution in [2.24, 2.45) is 4.52 Å². The summed E-state index contributed by atoms with van der Waals surface area (Å²) in [5.41, 5.74) is 0. The Balaban J connectivity index is 4.36. The summed E-state index contributed by atoms with van der Waals surface area (Å²) in [6.45, 7) is -2.89. The highest BCUT2D eigenvalue weighted by atomic mass is 35.9. The lowest BCUT2D eigenvalue weighted by molar-refractivity contribution is 2.08. The molecule has 10 heteroatoms. The van der Waals surface area contributed by atoms with E-state index in [9.17, 15) is 0 Å². The molecule has 1 nitrogen and oxygen atoms in total. The normalized spacial score (nSPS) is 14.4. The lowest BCUT2D eigenvalue weighted by Crippen LogP contribution is -1.37. The zero-order valence-electron chi connectivity index (χ0n) is 4.09. The summed E-state index contributed by atoms with van der Waals surface area (Å²) >= 11 is 31.9. The van der Waals surface area contributed by atoms with Gasteiger partial charge in [-0.1, -0.05) is 0 Å². The molecule has 10 heavy (non-hydrogen) atoms. The zero-order valence-corrected chi connectivity index (χ0v) is 11.4. The van der Waals surface area contributed by atoms with Gasteiger partial charge in [0.15, 0.2) is 11.2 Å². The maximum Gasteiger partial charge on any atom is 0.379 e. The Labute approximate surface area is 89.8 Å². The van der Waals surface area contributed by atoms with Crippen LogP contribution >= 0.6 is 74.2 Å². The van der Waals surface area contributed by atoms with Crippen molar-refractivity contribution in [2.75, 3.05) is 0 Å². The van der Waals surface area contributed by atoms with Gasteiger partial charge in [-0.15, -0.1) is 0 Å². The number of halogens is 5. The second-order valence-electron chi connectivity index (χ2n) is 0.980. The van der Waals surface area contributed by atoms with Crippen LogP contribution in [-0.4, -0.2) is 0 Å². The van der Waals surface area contributed by atoms with Gasteiger partial charge in [0.1, 0.15) is 0 Å². The smallest absolute Gasteiger partial charge is 0.0478 e. The van der Waals surface area contributed by atoms with Crippen molar-refractivity contribution in [3.05, 3.63) is 0 Å². The summed E-state index contributed by atoms with van der Waals surface area (Å²) in [7, 11) is 0.